The number of hydrogen-bond acceptors (Lipinski definition) is 8. The Bertz CT molecular complexity index is 1730. The van der Waals surface area contributed by atoms with Crippen LogP contribution in [0.5, 0.6) is 0 Å². The van der Waals surface area contributed by atoms with Crippen LogP contribution in [0.25, 0.3) is 0 Å². The Morgan fingerprint density at radius 2 is 1.21 bits per heavy atom. The fraction of sp³-hybridized carbons (Fsp3) is 0.484. The molecular weight excluding hydrogens is 585 g/mol. The van der Waals surface area contributed by atoms with Gasteiger partial charge in [0.2, 0.25) is 26.0 Å². The van der Waals surface area contributed by atoms with Crippen LogP contribution in [0.15, 0.2) is 64.5 Å². The molecule has 232 valence electrons. The number of benzene rings is 2. The average molecular weight is 627 g/mol. The van der Waals surface area contributed by atoms with Crippen LogP contribution in [0.3, 0.4) is 0 Å². The van der Waals surface area contributed by atoms with Crippen LogP contribution in [0.4, 0.5) is 11.8 Å². The Morgan fingerprint density at radius 1 is 0.744 bits per heavy atom. The topological polar surface area (TPSA) is 125 Å². The molecule has 10 nitrogen and oxygen atoms in total. The van der Waals surface area contributed by atoms with Crippen molar-refractivity contribution in [1.29, 1.82) is 0 Å². The first-order valence-electron chi connectivity index (χ1n) is 14.6. The Morgan fingerprint density at radius 3 is 1.63 bits per heavy atom. The second-order valence-corrected chi connectivity index (χ2v) is 16.9. The van der Waals surface area contributed by atoms with Gasteiger partial charge in [0.05, 0.1) is 21.9 Å². The van der Waals surface area contributed by atoms with E-state index in [2.05, 4.69) is 24.2 Å². The largest absolute Gasteiger partial charge is 0.349 e. The Hall–Kier alpha value is -3.06. The molecule has 12 heteroatoms. The highest BCUT2D eigenvalue weighted by molar-refractivity contribution is 7.89. The summed E-state index contributed by atoms with van der Waals surface area (Å²) in [5.74, 6) is 1.41. The normalized spacial score (nSPS) is 19.6. The lowest BCUT2D eigenvalue weighted by Gasteiger charge is -2.45. The highest BCUT2D eigenvalue weighted by Crippen LogP contribution is 2.41. The summed E-state index contributed by atoms with van der Waals surface area (Å²) in [5.41, 5.74) is 1.59. The summed E-state index contributed by atoms with van der Waals surface area (Å²) in [7, 11) is -7.32. The summed E-state index contributed by atoms with van der Waals surface area (Å²) in [4.78, 5) is 14.4. The quantitative estimate of drug-likeness (QED) is 0.364. The van der Waals surface area contributed by atoms with Crippen molar-refractivity contribution in [2.75, 3.05) is 22.9 Å². The molecule has 2 aliphatic heterocycles. The van der Waals surface area contributed by atoms with E-state index in [1.807, 2.05) is 66.8 Å². The fourth-order valence-electron chi connectivity index (χ4n) is 5.52. The highest BCUT2D eigenvalue weighted by atomic mass is 32.2. The maximum Gasteiger partial charge on any atom is 0.241 e. The summed E-state index contributed by atoms with van der Waals surface area (Å²) < 4.78 is 57.4. The number of nitrogens with zero attached hydrogens (tertiary/aromatic N) is 4. The number of rotatable bonds is 8. The van der Waals surface area contributed by atoms with Crippen molar-refractivity contribution in [2.24, 2.45) is 0 Å². The van der Waals surface area contributed by atoms with Gasteiger partial charge in [0.1, 0.15) is 5.82 Å². The van der Waals surface area contributed by atoms with Gasteiger partial charge in [0.25, 0.3) is 0 Å². The van der Waals surface area contributed by atoms with E-state index in [1.54, 1.807) is 36.4 Å². The molecule has 0 bridgehead atoms. The lowest BCUT2D eigenvalue weighted by molar-refractivity contribution is 0.445. The second kappa shape index (κ2) is 11.1. The summed E-state index contributed by atoms with van der Waals surface area (Å²) in [5, 5.41) is 0. The molecule has 2 N–H and O–H groups in total. The third-order valence-electron chi connectivity index (χ3n) is 7.49. The predicted octanol–water partition coefficient (Wildman–Crippen LogP) is 4.84. The molecule has 0 amide bonds. The molecule has 0 aliphatic carbocycles. The maximum atomic E-state index is 13.0. The zero-order valence-electron chi connectivity index (χ0n) is 25.9. The van der Waals surface area contributed by atoms with Gasteiger partial charge in [-0.2, -0.15) is 4.98 Å². The molecular formula is C31H42N6O4S2. The van der Waals surface area contributed by atoms with Gasteiger partial charge in [0, 0.05) is 35.9 Å². The van der Waals surface area contributed by atoms with Gasteiger partial charge in [-0.3, -0.25) is 0 Å². The number of hydrogen-bond donors (Lipinski definition) is 2. The third-order valence-corrected chi connectivity index (χ3v) is 11.0. The molecule has 3 heterocycles. The van der Waals surface area contributed by atoms with E-state index in [9.17, 15) is 16.8 Å². The molecule has 5 rings (SSSR count). The maximum absolute atomic E-state index is 13.0. The molecule has 0 spiro atoms. The third kappa shape index (κ3) is 6.87. The van der Waals surface area contributed by atoms with Crippen LogP contribution in [0.2, 0.25) is 0 Å². The van der Waals surface area contributed by atoms with Crippen molar-refractivity contribution in [3.05, 3.63) is 71.4 Å². The van der Waals surface area contributed by atoms with Crippen LogP contribution in [-0.4, -0.2) is 51.0 Å². The predicted molar refractivity (Wildman–Crippen MR) is 169 cm³/mol. The smallest absolute Gasteiger partial charge is 0.241 e. The van der Waals surface area contributed by atoms with Gasteiger partial charge in [0.15, 0.2) is 0 Å². The average Bonchev–Trinajstić information content (AvgIpc) is 2.82. The van der Waals surface area contributed by atoms with Crippen molar-refractivity contribution in [3.8, 4) is 0 Å². The number of aryl methyl sites for hydroxylation is 1. The van der Waals surface area contributed by atoms with E-state index >= 15 is 0 Å². The van der Waals surface area contributed by atoms with Gasteiger partial charge < -0.3 is 9.80 Å². The van der Waals surface area contributed by atoms with Gasteiger partial charge in [-0.05, 0) is 96.7 Å². The van der Waals surface area contributed by atoms with Crippen molar-refractivity contribution < 1.29 is 16.8 Å². The molecule has 2 unspecified atom stereocenters. The van der Waals surface area contributed by atoms with Gasteiger partial charge >= 0.3 is 0 Å². The minimum absolute atomic E-state index is 0.00405. The van der Waals surface area contributed by atoms with E-state index in [0.717, 1.165) is 48.4 Å². The highest BCUT2D eigenvalue weighted by Gasteiger charge is 2.36. The summed E-state index contributed by atoms with van der Waals surface area (Å²) in [6.07, 6.45) is 3.56. The first kappa shape index (κ1) is 31.4. The van der Waals surface area contributed by atoms with Crippen LogP contribution in [0, 0.1) is 6.92 Å². The summed E-state index contributed by atoms with van der Waals surface area (Å²) in [6.45, 7) is 14.5. The molecule has 2 fully saturated rings. The molecule has 43 heavy (non-hydrogen) atoms. The van der Waals surface area contributed by atoms with Gasteiger partial charge in [-0.1, -0.05) is 24.3 Å². The lowest BCUT2D eigenvalue weighted by Crippen LogP contribution is -2.44. The monoisotopic (exact) mass is 626 g/mol. The Kier molecular flexibility index (Phi) is 8.12. The Balaban J connectivity index is 1.38. The van der Waals surface area contributed by atoms with Crippen molar-refractivity contribution >= 4 is 31.8 Å². The minimum atomic E-state index is -3.66. The van der Waals surface area contributed by atoms with E-state index in [-0.39, 0.29) is 21.9 Å². The minimum Gasteiger partial charge on any atom is -0.349 e. The Labute approximate surface area is 256 Å². The number of sulfonamides is 2. The fourth-order valence-corrected chi connectivity index (χ4v) is 8.46. The van der Waals surface area contributed by atoms with E-state index in [4.69, 9.17) is 4.98 Å². The number of nitrogens with one attached hydrogen (secondary N) is 2. The zero-order chi connectivity index (χ0) is 31.4. The first-order valence-corrected chi connectivity index (χ1v) is 17.5. The molecule has 1 aromatic heterocycles. The molecule has 0 saturated carbocycles. The van der Waals surface area contributed by atoms with E-state index < -0.39 is 31.1 Å². The van der Waals surface area contributed by atoms with Crippen LogP contribution in [-0.2, 0) is 20.0 Å². The molecule has 3 aromatic rings. The second-order valence-electron chi connectivity index (χ2n) is 13.5. The van der Waals surface area contributed by atoms with Crippen molar-refractivity contribution in [2.45, 2.75) is 94.3 Å². The number of aromatic nitrogens is 2. The van der Waals surface area contributed by atoms with Crippen LogP contribution in [0.1, 0.15) is 83.2 Å². The van der Waals surface area contributed by atoms with Gasteiger partial charge in [-0.25, -0.2) is 31.3 Å². The molecule has 2 saturated heterocycles. The lowest BCUT2D eigenvalue weighted by atomic mass is 9.94. The van der Waals surface area contributed by atoms with E-state index in [1.165, 1.54) is 0 Å². The van der Waals surface area contributed by atoms with Crippen LogP contribution >= 0.6 is 0 Å². The van der Waals surface area contributed by atoms with Crippen molar-refractivity contribution in [3.63, 3.8) is 0 Å². The molecule has 2 aromatic carbocycles. The SMILES string of the molecule is Cc1cnc(N2CCC2c2cccc(S(=O)(=O)NC(C)(C)C)c2)nc1N1CCC1c1cccc(S(=O)(=O)NC(C)(C)C)c1. The summed E-state index contributed by atoms with van der Waals surface area (Å²) >= 11 is 0. The molecule has 0 radical (unpaired) electrons. The number of anilines is 2. The van der Waals surface area contributed by atoms with Crippen molar-refractivity contribution in [1.82, 2.24) is 19.4 Å². The zero-order valence-corrected chi connectivity index (χ0v) is 27.6. The standard InChI is InChI=1S/C31H42N6O4S2/c1-21-20-32-29(37-17-15-27(37)23-11-9-13-25(19-23)43(40,41)35-31(5,6)7)33-28(21)36-16-14-26(36)22-10-8-12-24(18-22)42(38,39)34-30(2,3)4/h8-13,18-20,26-27,34-35H,14-17H2,1-7H3. The van der Waals surface area contributed by atoms with Crippen LogP contribution < -0.4 is 19.2 Å². The first-order chi connectivity index (χ1) is 19.9. The molecule has 2 aliphatic rings. The molecule has 2 atom stereocenters. The summed E-state index contributed by atoms with van der Waals surface area (Å²) in [6, 6.07) is 14.2. The van der Waals surface area contributed by atoms with E-state index in [0.29, 0.717) is 5.95 Å². The van der Waals surface area contributed by atoms with Gasteiger partial charge in [-0.15, -0.1) is 0 Å².